The van der Waals surface area contributed by atoms with Gasteiger partial charge in [-0.05, 0) is 36.7 Å². The minimum Gasteiger partial charge on any atom is -0.478 e. The maximum absolute atomic E-state index is 11.0. The lowest BCUT2D eigenvalue weighted by Crippen LogP contribution is -2.22. The Morgan fingerprint density at radius 2 is 2.25 bits per heavy atom. The molecule has 20 heavy (non-hydrogen) atoms. The van der Waals surface area contributed by atoms with Crippen LogP contribution >= 0.6 is 0 Å². The Kier molecular flexibility index (Phi) is 3.56. The third-order valence-corrected chi connectivity index (χ3v) is 3.69. The Balaban J connectivity index is 1.74. The van der Waals surface area contributed by atoms with Gasteiger partial charge >= 0.3 is 5.97 Å². The van der Waals surface area contributed by atoms with Crippen molar-refractivity contribution in [3.05, 3.63) is 59.0 Å². The molecule has 1 aromatic heterocycles. The SMILES string of the molecule is O=C(O)c1cccc(CN2CCCc3occc3C2)c1. The summed E-state index contributed by atoms with van der Waals surface area (Å²) in [6.07, 6.45) is 3.80. The molecule has 1 aliphatic heterocycles. The Labute approximate surface area is 117 Å². The zero-order valence-corrected chi connectivity index (χ0v) is 11.2. The number of carboxylic acids is 1. The molecule has 104 valence electrons. The Morgan fingerprint density at radius 1 is 1.35 bits per heavy atom. The summed E-state index contributed by atoms with van der Waals surface area (Å²) in [6.45, 7) is 2.64. The lowest BCUT2D eigenvalue weighted by molar-refractivity contribution is 0.0696. The molecule has 0 radical (unpaired) electrons. The summed E-state index contributed by atoms with van der Waals surface area (Å²) in [6, 6.07) is 9.20. The summed E-state index contributed by atoms with van der Waals surface area (Å²) in [4.78, 5) is 13.3. The van der Waals surface area contributed by atoms with Crippen molar-refractivity contribution in [1.82, 2.24) is 4.90 Å². The second kappa shape index (κ2) is 5.51. The van der Waals surface area contributed by atoms with Gasteiger partial charge in [0.15, 0.2) is 0 Å². The molecule has 0 saturated carbocycles. The van der Waals surface area contributed by atoms with Crippen molar-refractivity contribution >= 4 is 5.97 Å². The van der Waals surface area contributed by atoms with Crippen LogP contribution in [0.5, 0.6) is 0 Å². The Bertz CT molecular complexity index is 618. The van der Waals surface area contributed by atoms with Crippen LogP contribution in [0.25, 0.3) is 0 Å². The predicted molar refractivity (Wildman–Crippen MR) is 74.5 cm³/mol. The van der Waals surface area contributed by atoms with Crippen molar-refractivity contribution in [2.24, 2.45) is 0 Å². The third-order valence-electron chi connectivity index (χ3n) is 3.69. The van der Waals surface area contributed by atoms with Crippen molar-refractivity contribution in [1.29, 1.82) is 0 Å². The highest BCUT2D eigenvalue weighted by Crippen LogP contribution is 2.21. The number of benzene rings is 1. The zero-order valence-electron chi connectivity index (χ0n) is 11.2. The average Bonchev–Trinajstić information content (AvgIpc) is 2.78. The fourth-order valence-corrected chi connectivity index (χ4v) is 2.71. The molecule has 0 unspecified atom stereocenters. The molecule has 4 heteroatoms. The van der Waals surface area contributed by atoms with Crippen molar-refractivity contribution in [3.63, 3.8) is 0 Å². The highest BCUT2D eigenvalue weighted by Gasteiger charge is 2.17. The molecule has 1 aliphatic rings. The molecule has 0 saturated heterocycles. The molecule has 0 aliphatic carbocycles. The number of furan rings is 1. The second-order valence-corrected chi connectivity index (χ2v) is 5.19. The fraction of sp³-hybridized carbons (Fsp3) is 0.312. The van der Waals surface area contributed by atoms with Gasteiger partial charge in [0.1, 0.15) is 5.76 Å². The van der Waals surface area contributed by atoms with Crippen LogP contribution in [-0.2, 0) is 19.5 Å². The predicted octanol–water partition coefficient (Wildman–Crippen LogP) is 2.93. The van der Waals surface area contributed by atoms with E-state index in [9.17, 15) is 4.79 Å². The molecular formula is C16H17NO3. The van der Waals surface area contributed by atoms with E-state index in [0.29, 0.717) is 5.56 Å². The first-order valence-electron chi connectivity index (χ1n) is 6.82. The van der Waals surface area contributed by atoms with Crippen LogP contribution in [0, 0.1) is 0 Å². The van der Waals surface area contributed by atoms with Crippen molar-refractivity contribution in [2.45, 2.75) is 25.9 Å². The van der Waals surface area contributed by atoms with Crippen LogP contribution in [0.1, 0.15) is 33.7 Å². The summed E-state index contributed by atoms with van der Waals surface area (Å²) in [5.41, 5.74) is 2.63. The lowest BCUT2D eigenvalue weighted by atomic mass is 10.1. The fourth-order valence-electron chi connectivity index (χ4n) is 2.71. The van der Waals surface area contributed by atoms with Crippen LogP contribution in [-0.4, -0.2) is 22.5 Å². The van der Waals surface area contributed by atoms with E-state index < -0.39 is 5.97 Å². The van der Waals surface area contributed by atoms with Gasteiger partial charge in [0.05, 0.1) is 11.8 Å². The first-order valence-corrected chi connectivity index (χ1v) is 6.82. The molecular weight excluding hydrogens is 254 g/mol. The lowest BCUT2D eigenvalue weighted by Gasteiger charge is -2.20. The van der Waals surface area contributed by atoms with E-state index in [4.69, 9.17) is 9.52 Å². The molecule has 4 nitrogen and oxygen atoms in total. The van der Waals surface area contributed by atoms with Gasteiger partial charge in [-0.1, -0.05) is 12.1 Å². The van der Waals surface area contributed by atoms with Crippen molar-refractivity contribution < 1.29 is 14.3 Å². The topological polar surface area (TPSA) is 53.7 Å². The summed E-state index contributed by atoms with van der Waals surface area (Å²) in [7, 11) is 0. The number of fused-ring (bicyclic) bond motifs is 1. The van der Waals surface area contributed by atoms with Crippen LogP contribution in [0.15, 0.2) is 41.0 Å². The number of aryl methyl sites for hydroxylation is 1. The maximum Gasteiger partial charge on any atom is 0.335 e. The summed E-state index contributed by atoms with van der Waals surface area (Å²) in [5, 5.41) is 9.04. The smallest absolute Gasteiger partial charge is 0.335 e. The number of carboxylic acid groups (broad SMARTS) is 1. The summed E-state index contributed by atoms with van der Waals surface area (Å²) >= 11 is 0. The van der Waals surface area contributed by atoms with Gasteiger partial charge in [0, 0.05) is 25.1 Å². The number of rotatable bonds is 3. The van der Waals surface area contributed by atoms with Gasteiger partial charge < -0.3 is 9.52 Å². The minimum absolute atomic E-state index is 0.348. The van der Waals surface area contributed by atoms with Gasteiger partial charge in [-0.2, -0.15) is 0 Å². The van der Waals surface area contributed by atoms with Gasteiger partial charge in [-0.15, -0.1) is 0 Å². The maximum atomic E-state index is 11.0. The molecule has 3 rings (SSSR count). The molecule has 2 heterocycles. The zero-order chi connectivity index (χ0) is 13.9. The van der Waals surface area contributed by atoms with Crippen LogP contribution in [0.4, 0.5) is 0 Å². The van der Waals surface area contributed by atoms with Gasteiger partial charge in [0.25, 0.3) is 0 Å². The van der Waals surface area contributed by atoms with Crippen LogP contribution < -0.4 is 0 Å². The van der Waals surface area contributed by atoms with E-state index in [1.807, 2.05) is 12.1 Å². The average molecular weight is 271 g/mol. The van der Waals surface area contributed by atoms with Gasteiger partial charge in [-0.25, -0.2) is 4.79 Å². The highest BCUT2D eigenvalue weighted by atomic mass is 16.4. The molecule has 1 N–H and O–H groups in total. The second-order valence-electron chi connectivity index (χ2n) is 5.19. The van der Waals surface area contributed by atoms with Gasteiger partial charge in [-0.3, -0.25) is 4.90 Å². The van der Waals surface area contributed by atoms with E-state index in [2.05, 4.69) is 4.90 Å². The van der Waals surface area contributed by atoms with E-state index in [0.717, 1.165) is 43.8 Å². The molecule has 0 bridgehead atoms. The quantitative estimate of drug-likeness (QED) is 0.932. The first-order chi connectivity index (χ1) is 9.72. The van der Waals surface area contributed by atoms with Crippen molar-refractivity contribution in [2.75, 3.05) is 6.54 Å². The largest absolute Gasteiger partial charge is 0.478 e. The number of hydrogen-bond donors (Lipinski definition) is 1. The Hall–Kier alpha value is -2.07. The molecule has 1 aromatic carbocycles. The standard InChI is InChI=1S/C16H17NO3/c18-16(19)13-4-1-3-12(9-13)10-17-7-2-5-15-14(11-17)6-8-20-15/h1,3-4,6,8-9H,2,5,7,10-11H2,(H,18,19). The number of aromatic carboxylic acids is 1. The monoisotopic (exact) mass is 271 g/mol. The van der Waals surface area contributed by atoms with E-state index in [1.165, 1.54) is 5.56 Å². The van der Waals surface area contributed by atoms with E-state index in [-0.39, 0.29) is 0 Å². The van der Waals surface area contributed by atoms with Crippen LogP contribution in [0.3, 0.4) is 0 Å². The minimum atomic E-state index is -0.875. The number of carbonyl (C=O) groups is 1. The third kappa shape index (κ3) is 2.75. The molecule has 0 spiro atoms. The number of nitrogens with zero attached hydrogens (tertiary/aromatic N) is 1. The Morgan fingerprint density at radius 3 is 3.10 bits per heavy atom. The number of hydrogen-bond acceptors (Lipinski definition) is 3. The van der Waals surface area contributed by atoms with Crippen molar-refractivity contribution in [3.8, 4) is 0 Å². The first kappa shape index (κ1) is 12.9. The summed E-state index contributed by atoms with van der Waals surface area (Å²) in [5.74, 6) is 0.214. The van der Waals surface area contributed by atoms with Crippen LogP contribution in [0.2, 0.25) is 0 Å². The molecule has 2 aromatic rings. The normalized spacial score (nSPS) is 15.6. The molecule has 0 amide bonds. The highest BCUT2D eigenvalue weighted by molar-refractivity contribution is 5.87. The molecule has 0 atom stereocenters. The summed E-state index contributed by atoms with van der Waals surface area (Å²) < 4.78 is 5.48. The molecule has 0 fully saturated rings. The van der Waals surface area contributed by atoms with E-state index >= 15 is 0 Å². The van der Waals surface area contributed by atoms with Gasteiger partial charge in [0.2, 0.25) is 0 Å². The van der Waals surface area contributed by atoms with E-state index in [1.54, 1.807) is 24.5 Å².